The molecule has 0 aliphatic heterocycles. The van der Waals surface area contributed by atoms with Crippen molar-refractivity contribution >= 4 is 5.91 Å². The Bertz CT molecular complexity index is 429. The molecule has 1 aromatic carbocycles. The van der Waals surface area contributed by atoms with E-state index in [0.29, 0.717) is 6.54 Å². The minimum atomic E-state index is -1.11. The summed E-state index contributed by atoms with van der Waals surface area (Å²) in [6, 6.07) is 3.54. The lowest BCUT2D eigenvalue weighted by Crippen LogP contribution is -2.29. The molecule has 0 saturated heterocycles. The van der Waals surface area contributed by atoms with E-state index in [2.05, 4.69) is 6.58 Å². The van der Waals surface area contributed by atoms with Crippen LogP contribution in [0.15, 0.2) is 30.4 Å². The van der Waals surface area contributed by atoms with Gasteiger partial charge in [0.1, 0.15) is 0 Å². The maximum absolute atomic E-state index is 13.3. The Morgan fingerprint density at radius 1 is 1.44 bits per heavy atom. The Morgan fingerprint density at radius 3 is 2.62 bits per heavy atom. The fourth-order valence-electron chi connectivity index (χ4n) is 1.35. The van der Waals surface area contributed by atoms with Crippen LogP contribution in [0.25, 0.3) is 0 Å². The monoisotopic (exact) mass is 225 g/mol. The SMILES string of the molecule is C=C(C)CN(C)C(=O)c1cccc(F)c1F. The molecule has 1 amide bonds. The van der Waals surface area contributed by atoms with Crippen LogP contribution in [0.4, 0.5) is 8.78 Å². The van der Waals surface area contributed by atoms with E-state index in [1.807, 2.05) is 0 Å². The van der Waals surface area contributed by atoms with Crippen molar-refractivity contribution in [3.05, 3.63) is 47.5 Å². The molecule has 0 heterocycles. The van der Waals surface area contributed by atoms with Crippen LogP contribution in [0, 0.1) is 11.6 Å². The van der Waals surface area contributed by atoms with E-state index in [1.165, 1.54) is 24.1 Å². The fraction of sp³-hybridized carbons (Fsp3) is 0.250. The Kier molecular flexibility index (Phi) is 3.77. The van der Waals surface area contributed by atoms with Crippen molar-refractivity contribution in [2.75, 3.05) is 13.6 Å². The molecule has 0 aliphatic rings. The van der Waals surface area contributed by atoms with E-state index >= 15 is 0 Å². The Morgan fingerprint density at radius 2 is 2.06 bits per heavy atom. The molecule has 0 saturated carbocycles. The van der Waals surface area contributed by atoms with E-state index in [-0.39, 0.29) is 5.56 Å². The van der Waals surface area contributed by atoms with Gasteiger partial charge in [0.2, 0.25) is 0 Å². The van der Waals surface area contributed by atoms with E-state index in [0.717, 1.165) is 11.6 Å². The predicted octanol–water partition coefficient (Wildman–Crippen LogP) is 2.61. The second kappa shape index (κ2) is 4.88. The molecule has 0 aromatic heterocycles. The number of rotatable bonds is 3. The van der Waals surface area contributed by atoms with Gasteiger partial charge in [0.15, 0.2) is 11.6 Å². The van der Waals surface area contributed by atoms with Gasteiger partial charge in [-0.05, 0) is 19.1 Å². The average Bonchev–Trinajstić information content (AvgIpc) is 2.20. The zero-order valence-electron chi connectivity index (χ0n) is 9.26. The number of hydrogen-bond acceptors (Lipinski definition) is 1. The van der Waals surface area contributed by atoms with Crippen molar-refractivity contribution < 1.29 is 13.6 Å². The number of carbonyl (C=O) groups excluding carboxylic acids is 1. The van der Waals surface area contributed by atoms with Crippen LogP contribution < -0.4 is 0 Å². The minimum absolute atomic E-state index is 0.260. The van der Waals surface area contributed by atoms with Crippen molar-refractivity contribution in [3.63, 3.8) is 0 Å². The van der Waals surface area contributed by atoms with Crippen LogP contribution in [0.3, 0.4) is 0 Å². The standard InChI is InChI=1S/C12H13F2NO/c1-8(2)7-15(3)12(16)9-5-4-6-10(13)11(9)14/h4-6H,1,7H2,2-3H3. The van der Waals surface area contributed by atoms with Gasteiger partial charge in [-0.1, -0.05) is 18.2 Å². The molecule has 0 atom stereocenters. The molecule has 1 aromatic rings. The molecule has 0 fully saturated rings. The van der Waals surface area contributed by atoms with Crippen molar-refractivity contribution in [3.8, 4) is 0 Å². The largest absolute Gasteiger partial charge is 0.338 e. The zero-order valence-corrected chi connectivity index (χ0v) is 9.26. The summed E-state index contributed by atoms with van der Waals surface area (Å²) in [5, 5.41) is 0. The van der Waals surface area contributed by atoms with Gasteiger partial charge in [-0.2, -0.15) is 0 Å². The van der Waals surface area contributed by atoms with Crippen LogP contribution in [0.5, 0.6) is 0 Å². The van der Waals surface area contributed by atoms with Gasteiger partial charge in [0, 0.05) is 13.6 Å². The first-order chi connectivity index (χ1) is 7.43. The summed E-state index contributed by atoms with van der Waals surface area (Å²) in [5.74, 6) is -2.68. The third kappa shape index (κ3) is 2.66. The van der Waals surface area contributed by atoms with Gasteiger partial charge < -0.3 is 4.90 Å². The number of benzene rings is 1. The van der Waals surface area contributed by atoms with Crippen molar-refractivity contribution in [1.82, 2.24) is 4.90 Å². The van der Waals surface area contributed by atoms with Crippen LogP contribution in [-0.2, 0) is 0 Å². The lowest BCUT2D eigenvalue weighted by atomic mass is 10.1. The fourth-order valence-corrected chi connectivity index (χ4v) is 1.35. The molecule has 0 aliphatic carbocycles. The first-order valence-corrected chi connectivity index (χ1v) is 4.77. The Hall–Kier alpha value is -1.71. The number of carbonyl (C=O) groups is 1. The molecule has 1 rings (SSSR count). The lowest BCUT2D eigenvalue weighted by molar-refractivity contribution is 0.0801. The molecule has 0 unspecified atom stereocenters. The van der Waals surface area contributed by atoms with E-state index < -0.39 is 17.5 Å². The normalized spacial score (nSPS) is 10.0. The maximum Gasteiger partial charge on any atom is 0.256 e. The van der Waals surface area contributed by atoms with Gasteiger partial charge >= 0.3 is 0 Å². The number of amides is 1. The van der Waals surface area contributed by atoms with Crippen LogP contribution >= 0.6 is 0 Å². The van der Waals surface area contributed by atoms with Gasteiger partial charge in [0.25, 0.3) is 5.91 Å². The summed E-state index contributed by atoms with van der Waals surface area (Å²) in [6.07, 6.45) is 0. The summed E-state index contributed by atoms with van der Waals surface area (Å²) in [5.41, 5.74) is 0.511. The predicted molar refractivity (Wildman–Crippen MR) is 58.1 cm³/mol. The highest BCUT2D eigenvalue weighted by Gasteiger charge is 2.18. The van der Waals surface area contributed by atoms with Gasteiger partial charge in [-0.3, -0.25) is 4.79 Å². The molecule has 0 radical (unpaired) electrons. The van der Waals surface area contributed by atoms with Crippen LogP contribution in [0.2, 0.25) is 0 Å². The van der Waals surface area contributed by atoms with Gasteiger partial charge in [0.05, 0.1) is 5.56 Å². The number of hydrogen-bond donors (Lipinski definition) is 0. The van der Waals surface area contributed by atoms with Gasteiger partial charge in [-0.25, -0.2) is 8.78 Å². The molecule has 0 bridgehead atoms. The Labute approximate surface area is 93.2 Å². The van der Waals surface area contributed by atoms with Crippen molar-refractivity contribution in [1.29, 1.82) is 0 Å². The molecule has 4 heteroatoms. The van der Waals surface area contributed by atoms with Crippen LogP contribution in [0.1, 0.15) is 17.3 Å². The second-order valence-electron chi connectivity index (χ2n) is 3.72. The zero-order chi connectivity index (χ0) is 12.3. The summed E-state index contributed by atoms with van der Waals surface area (Å²) < 4.78 is 26.2. The molecule has 16 heavy (non-hydrogen) atoms. The minimum Gasteiger partial charge on any atom is -0.338 e. The third-order valence-corrected chi connectivity index (χ3v) is 2.04. The van der Waals surface area contributed by atoms with Crippen molar-refractivity contribution in [2.45, 2.75) is 6.92 Å². The summed E-state index contributed by atoms with van der Waals surface area (Å²) >= 11 is 0. The first kappa shape index (κ1) is 12.4. The van der Waals surface area contributed by atoms with Gasteiger partial charge in [-0.15, -0.1) is 0 Å². The smallest absolute Gasteiger partial charge is 0.256 e. The topological polar surface area (TPSA) is 20.3 Å². The molecule has 86 valence electrons. The third-order valence-electron chi connectivity index (χ3n) is 2.04. The van der Waals surface area contributed by atoms with E-state index in [9.17, 15) is 13.6 Å². The molecule has 0 N–H and O–H groups in total. The summed E-state index contributed by atoms with van der Waals surface area (Å²) in [7, 11) is 1.52. The van der Waals surface area contributed by atoms with Crippen molar-refractivity contribution in [2.24, 2.45) is 0 Å². The molecule has 0 spiro atoms. The average molecular weight is 225 g/mol. The lowest BCUT2D eigenvalue weighted by Gasteiger charge is -2.17. The van der Waals surface area contributed by atoms with E-state index in [1.54, 1.807) is 6.92 Å². The molecular formula is C12H13F2NO. The highest BCUT2D eigenvalue weighted by molar-refractivity contribution is 5.94. The van der Waals surface area contributed by atoms with Crippen LogP contribution in [-0.4, -0.2) is 24.4 Å². The Balaban J connectivity index is 2.96. The number of nitrogens with zero attached hydrogens (tertiary/aromatic N) is 1. The molecule has 2 nitrogen and oxygen atoms in total. The quantitative estimate of drug-likeness (QED) is 0.724. The summed E-state index contributed by atoms with van der Waals surface area (Å²) in [6.45, 7) is 5.72. The highest BCUT2D eigenvalue weighted by Crippen LogP contribution is 2.13. The number of halogens is 2. The second-order valence-corrected chi connectivity index (χ2v) is 3.72. The number of likely N-dealkylation sites (N-methyl/N-ethyl adjacent to an activating group) is 1. The highest BCUT2D eigenvalue weighted by atomic mass is 19.2. The maximum atomic E-state index is 13.3. The summed E-state index contributed by atoms with van der Waals surface area (Å²) in [4.78, 5) is 13.0. The molecular weight excluding hydrogens is 212 g/mol. The van der Waals surface area contributed by atoms with E-state index in [4.69, 9.17) is 0 Å². The first-order valence-electron chi connectivity index (χ1n) is 4.77.